The van der Waals surface area contributed by atoms with Crippen molar-refractivity contribution in [3.05, 3.63) is 23.5 Å². The van der Waals surface area contributed by atoms with Gasteiger partial charge >= 0.3 is 0 Å². The Morgan fingerprint density at radius 3 is 2.30 bits per heavy atom. The van der Waals surface area contributed by atoms with Crippen molar-refractivity contribution in [1.82, 2.24) is 4.31 Å². The van der Waals surface area contributed by atoms with E-state index in [0.29, 0.717) is 0 Å². The monoisotopic (exact) mass is 324 g/mol. The van der Waals surface area contributed by atoms with E-state index in [1.807, 2.05) is 0 Å². The molecule has 1 rings (SSSR count). The van der Waals surface area contributed by atoms with Crippen molar-refractivity contribution >= 4 is 25.5 Å². The van der Waals surface area contributed by atoms with Gasteiger partial charge in [0.15, 0.2) is 0 Å². The number of sulfone groups is 1. The number of halogens is 1. The summed E-state index contributed by atoms with van der Waals surface area (Å²) >= 11 is 0. The third-order valence-corrected chi connectivity index (χ3v) is 5.68. The van der Waals surface area contributed by atoms with Crippen molar-refractivity contribution in [2.24, 2.45) is 0 Å². The Bertz CT molecular complexity index is 714. The number of anilines is 1. The molecule has 0 bridgehead atoms. The van der Waals surface area contributed by atoms with E-state index >= 15 is 0 Å². The Morgan fingerprint density at radius 2 is 1.80 bits per heavy atom. The second-order valence-electron chi connectivity index (χ2n) is 4.60. The van der Waals surface area contributed by atoms with Crippen LogP contribution in [0.15, 0.2) is 17.0 Å². The highest BCUT2D eigenvalue weighted by Gasteiger charge is 2.24. The van der Waals surface area contributed by atoms with E-state index in [1.165, 1.54) is 14.0 Å². The average Bonchev–Trinajstić information content (AvgIpc) is 2.29. The van der Waals surface area contributed by atoms with E-state index < -0.39 is 25.7 Å². The molecule has 0 aliphatic heterocycles. The van der Waals surface area contributed by atoms with E-state index in [4.69, 9.17) is 5.73 Å². The number of benzene rings is 1. The number of hydrogen-bond acceptors (Lipinski definition) is 5. The summed E-state index contributed by atoms with van der Waals surface area (Å²) in [6.45, 7) is 1.26. The quantitative estimate of drug-likeness (QED) is 0.790. The number of nitrogens with zero attached hydrogens (tertiary/aromatic N) is 1. The Hall–Kier alpha value is -1.19. The van der Waals surface area contributed by atoms with Gasteiger partial charge in [-0.1, -0.05) is 0 Å². The van der Waals surface area contributed by atoms with Crippen LogP contribution in [0, 0.1) is 12.7 Å². The van der Waals surface area contributed by atoms with Crippen LogP contribution in [0.25, 0.3) is 0 Å². The lowest BCUT2D eigenvalue weighted by molar-refractivity contribution is 0.484. The maximum absolute atomic E-state index is 13.2. The fraction of sp³-hybridized carbons (Fsp3) is 0.455. The van der Waals surface area contributed by atoms with Crippen LogP contribution in [0.4, 0.5) is 10.1 Å². The molecule has 0 unspecified atom stereocenters. The third kappa shape index (κ3) is 3.90. The molecule has 20 heavy (non-hydrogen) atoms. The minimum atomic E-state index is -3.91. The lowest BCUT2D eigenvalue weighted by Crippen LogP contribution is -2.32. The summed E-state index contributed by atoms with van der Waals surface area (Å²) in [6, 6.07) is 2.07. The number of nitrogen functional groups attached to an aromatic ring is 1. The lowest BCUT2D eigenvalue weighted by Gasteiger charge is -2.18. The molecule has 0 fully saturated rings. The number of aryl methyl sites for hydroxylation is 1. The average molecular weight is 324 g/mol. The van der Waals surface area contributed by atoms with Gasteiger partial charge in [-0.05, 0) is 24.6 Å². The molecule has 0 aliphatic carbocycles. The molecule has 0 saturated heterocycles. The number of rotatable bonds is 5. The van der Waals surface area contributed by atoms with E-state index in [1.54, 1.807) is 0 Å². The normalized spacial score (nSPS) is 12.8. The van der Waals surface area contributed by atoms with E-state index in [0.717, 1.165) is 22.7 Å². The first kappa shape index (κ1) is 16.9. The Labute approximate surface area is 118 Å². The largest absolute Gasteiger partial charge is 0.396 e. The van der Waals surface area contributed by atoms with Crippen molar-refractivity contribution in [3.63, 3.8) is 0 Å². The molecule has 0 radical (unpaired) electrons. The molecule has 0 atom stereocenters. The van der Waals surface area contributed by atoms with Gasteiger partial charge in [-0.25, -0.2) is 21.2 Å². The minimum absolute atomic E-state index is 0.132. The summed E-state index contributed by atoms with van der Waals surface area (Å²) in [5, 5.41) is 0. The molecule has 0 spiro atoms. The van der Waals surface area contributed by atoms with Crippen molar-refractivity contribution < 1.29 is 21.2 Å². The Morgan fingerprint density at radius 1 is 1.25 bits per heavy atom. The topological polar surface area (TPSA) is 97.5 Å². The fourth-order valence-electron chi connectivity index (χ4n) is 1.53. The zero-order valence-electron chi connectivity index (χ0n) is 11.4. The predicted octanol–water partition coefficient (Wildman–Crippen LogP) is 0.381. The van der Waals surface area contributed by atoms with Crippen molar-refractivity contribution in [1.29, 1.82) is 0 Å². The van der Waals surface area contributed by atoms with E-state index in [-0.39, 0.29) is 28.4 Å². The van der Waals surface area contributed by atoms with Gasteiger partial charge in [0.05, 0.1) is 16.3 Å². The van der Waals surface area contributed by atoms with Crippen molar-refractivity contribution in [2.45, 2.75) is 11.8 Å². The van der Waals surface area contributed by atoms with Gasteiger partial charge in [-0.3, -0.25) is 0 Å². The van der Waals surface area contributed by atoms with Gasteiger partial charge in [0.1, 0.15) is 15.7 Å². The second kappa shape index (κ2) is 5.66. The molecule has 114 valence electrons. The molecule has 0 aromatic heterocycles. The summed E-state index contributed by atoms with van der Waals surface area (Å²) in [5.41, 5.74) is 5.31. The smallest absolute Gasteiger partial charge is 0.243 e. The molecule has 0 aliphatic rings. The van der Waals surface area contributed by atoms with Crippen molar-refractivity contribution in [3.8, 4) is 0 Å². The lowest BCUT2D eigenvalue weighted by atomic mass is 10.2. The van der Waals surface area contributed by atoms with E-state index in [9.17, 15) is 21.2 Å². The van der Waals surface area contributed by atoms with Gasteiger partial charge in [-0.15, -0.1) is 0 Å². The summed E-state index contributed by atoms with van der Waals surface area (Å²) < 4.78 is 60.9. The molecular formula is C11H17FN2O4S2. The summed E-state index contributed by atoms with van der Waals surface area (Å²) in [7, 11) is -5.92. The van der Waals surface area contributed by atoms with E-state index in [2.05, 4.69) is 0 Å². The molecule has 1 aromatic rings. The first-order chi connectivity index (χ1) is 8.95. The SMILES string of the molecule is Cc1cc(F)c(N)cc1S(=O)(=O)N(C)CCS(C)(=O)=O. The standard InChI is InChI=1S/C11H17FN2O4S2/c1-8-6-9(12)10(13)7-11(8)20(17,18)14(2)4-5-19(3,15)16/h6-7H,4-5,13H2,1-3H3. The summed E-state index contributed by atoms with van der Waals surface area (Å²) in [4.78, 5) is -0.132. The third-order valence-electron chi connectivity index (χ3n) is 2.76. The second-order valence-corrected chi connectivity index (χ2v) is 8.87. The van der Waals surface area contributed by atoms with Crippen LogP contribution >= 0.6 is 0 Å². The predicted molar refractivity (Wildman–Crippen MR) is 75.1 cm³/mol. The zero-order valence-corrected chi connectivity index (χ0v) is 13.1. The van der Waals surface area contributed by atoms with Gasteiger partial charge in [0.2, 0.25) is 10.0 Å². The van der Waals surface area contributed by atoms with Crippen LogP contribution in [0.1, 0.15) is 5.56 Å². The first-order valence-corrected chi connectivity index (χ1v) is 9.15. The molecule has 0 heterocycles. The summed E-state index contributed by atoms with van der Waals surface area (Å²) in [6.07, 6.45) is 1.02. The van der Waals surface area contributed by atoms with Crippen LogP contribution < -0.4 is 5.73 Å². The number of hydrogen-bond donors (Lipinski definition) is 1. The van der Waals surface area contributed by atoms with Crippen LogP contribution in [0.5, 0.6) is 0 Å². The zero-order chi connectivity index (χ0) is 15.7. The first-order valence-electron chi connectivity index (χ1n) is 5.65. The minimum Gasteiger partial charge on any atom is -0.396 e. The van der Waals surface area contributed by atoms with Gasteiger partial charge < -0.3 is 5.73 Å². The van der Waals surface area contributed by atoms with Crippen LogP contribution in [-0.2, 0) is 19.9 Å². The number of sulfonamides is 1. The molecule has 1 aromatic carbocycles. The molecule has 9 heteroatoms. The maximum atomic E-state index is 13.2. The van der Waals surface area contributed by atoms with Crippen LogP contribution in [-0.4, -0.2) is 46.7 Å². The fourth-order valence-corrected chi connectivity index (χ4v) is 3.66. The van der Waals surface area contributed by atoms with Crippen molar-refractivity contribution in [2.75, 3.05) is 31.3 Å². The molecule has 6 nitrogen and oxygen atoms in total. The Balaban J connectivity index is 3.14. The molecule has 0 saturated carbocycles. The molecule has 0 amide bonds. The number of nitrogens with two attached hydrogens (primary N) is 1. The maximum Gasteiger partial charge on any atom is 0.243 e. The Kier molecular flexibility index (Phi) is 4.78. The summed E-state index contributed by atoms with van der Waals surface area (Å²) in [5.74, 6) is -0.987. The van der Waals surface area contributed by atoms with Gasteiger partial charge in [0, 0.05) is 19.8 Å². The van der Waals surface area contributed by atoms with Gasteiger partial charge in [0.25, 0.3) is 0 Å². The van der Waals surface area contributed by atoms with Crippen LogP contribution in [0.3, 0.4) is 0 Å². The van der Waals surface area contributed by atoms with Crippen LogP contribution in [0.2, 0.25) is 0 Å². The highest BCUT2D eigenvalue weighted by molar-refractivity contribution is 7.91. The highest BCUT2D eigenvalue weighted by atomic mass is 32.2. The molecular weight excluding hydrogens is 307 g/mol. The highest BCUT2D eigenvalue weighted by Crippen LogP contribution is 2.23. The van der Waals surface area contributed by atoms with Gasteiger partial charge in [-0.2, -0.15) is 4.31 Å². The molecule has 2 N–H and O–H groups in total.